The highest BCUT2D eigenvalue weighted by Gasteiger charge is 2.31. The maximum atomic E-state index is 13.5. The molecule has 2 atom stereocenters. The van der Waals surface area contributed by atoms with Crippen LogP contribution < -0.4 is 0 Å². The standard InChI is InChI=1S/C9H8BrFO2/c10-9(11)6-2-1-3-7(9)4-5-8(12)13/h1-7H,(H,12,13)/b5-4+. The van der Waals surface area contributed by atoms with Crippen LogP contribution in [0.5, 0.6) is 0 Å². The minimum Gasteiger partial charge on any atom is -0.478 e. The molecule has 0 amide bonds. The normalized spacial score (nSPS) is 32.6. The molecule has 2 nitrogen and oxygen atoms in total. The van der Waals surface area contributed by atoms with Crippen molar-refractivity contribution in [2.75, 3.05) is 0 Å². The lowest BCUT2D eigenvalue weighted by molar-refractivity contribution is -0.131. The third-order valence-electron chi connectivity index (χ3n) is 1.64. The number of rotatable bonds is 2. The van der Waals surface area contributed by atoms with Crippen molar-refractivity contribution in [3.8, 4) is 0 Å². The van der Waals surface area contributed by atoms with Gasteiger partial charge in [0.25, 0.3) is 0 Å². The van der Waals surface area contributed by atoms with Crippen LogP contribution in [0.15, 0.2) is 36.5 Å². The quantitative estimate of drug-likeness (QED) is 0.601. The summed E-state index contributed by atoms with van der Waals surface area (Å²) in [5.74, 6) is -1.65. The van der Waals surface area contributed by atoms with Gasteiger partial charge in [0.1, 0.15) is 0 Å². The number of hydrogen-bond acceptors (Lipinski definition) is 1. The predicted molar refractivity (Wildman–Crippen MR) is 51.3 cm³/mol. The lowest BCUT2D eigenvalue weighted by Crippen LogP contribution is -2.22. The number of aliphatic carboxylic acids is 1. The minimum absolute atomic E-state index is 0.575. The van der Waals surface area contributed by atoms with E-state index < -0.39 is 16.5 Å². The lowest BCUT2D eigenvalue weighted by Gasteiger charge is -2.22. The van der Waals surface area contributed by atoms with E-state index in [4.69, 9.17) is 5.11 Å². The minimum atomic E-state index is -1.67. The highest BCUT2D eigenvalue weighted by Crippen LogP contribution is 2.35. The van der Waals surface area contributed by atoms with Crippen molar-refractivity contribution in [1.29, 1.82) is 0 Å². The van der Waals surface area contributed by atoms with Crippen LogP contribution in [-0.4, -0.2) is 15.7 Å². The van der Waals surface area contributed by atoms with E-state index in [0.29, 0.717) is 0 Å². The van der Waals surface area contributed by atoms with Crippen LogP contribution in [-0.2, 0) is 4.79 Å². The van der Waals surface area contributed by atoms with E-state index >= 15 is 0 Å². The number of hydrogen-bond donors (Lipinski definition) is 1. The summed E-state index contributed by atoms with van der Waals surface area (Å²) in [6.45, 7) is 0. The number of alkyl halides is 2. The second kappa shape index (κ2) is 3.87. The van der Waals surface area contributed by atoms with Crippen LogP contribution in [0.3, 0.4) is 0 Å². The Balaban J connectivity index is 2.75. The number of carboxylic acids is 1. The van der Waals surface area contributed by atoms with E-state index in [2.05, 4.69) is 15.9 Å². The van der Waals surface area contributed by atoms with Gasteiger partial charge in [-0.25, -0.2) is 9.18 Å². The van der Waals surface area contributed by atoms with Gasteiger partial charge < -0.3 is 5.11 Å². The van der Waals surface area contributed by atoms with E-state index in [1.807, 2.05) is 0 Å². The molecule has 0 fully saturated rings. The van der Waals surface area contributed by atoms with Gasteiger partial charge in [-0.2, -0.15) is 0 Å². The first kappa shape index (κ1) is 10.2. The van der Waals surface area contributed by atoms with Crippen LogP contribution in [0.1, 0.15) is 0 Å². The Bertz CT molecular complexity index is 292. The molecule has 4 heteroatoms. The Morgan fingerprint density at radius 3 is 2.85 bits per heavy atom. The SMILES string of the molecule is O=C(O)/C=C/C1C=CC=CC1(F)Br. The smallest absolute Gasteiger partial charge is 0.328 e. The molecule has 0 aromatic rings. The maximum absolute atomic E-state index is 13.5. The van der Waals surface area contributed by atoms with Gasteiger partial charge >= 0.3 is 5.97 Å². The van der Waals surface area contributed by atoms with Gasteiger partial charge in [-0.3, -0.25) is 0 Å². The van der Waals surface area contributed by atoms with E-state index in [1.54, 1.807) is 18.2 Å². The first-order chi connectivity index (χ1) is 6.02. The summed E-state index contributed by atoms with van der Waals surface area (Å²) in [4.78, 5) is 10.2. The molecule has 0 saturated heterocycles. The molecule has 1 aliphatic rings. The Labute approximate surface area is 83.6 Å². The predicted octanol–water partition coefficient (Wildman–Crippen LogP) is 2.43. The maximum Gasteiger partial charge on any atom is 0.328 e. The number of allylic oxidation sites excluding steroid dienone is 5. The molecule has 0 heterocycles. The van der Waals surface area contributed by atoms with E-state index in [1.165, 1.54) is 12.2 Å². The third kappa shape index (κ3) is 2.81. The summed E-state index contributed by atoms with van der Waals surface area (Å²) < 4.78 is 11.8. The highest BCUT2D eigenvalue weighted by atomic mass is 79.9. The van der Waals surface area contributed by atoms with Crippen molar-refractivity contribution >= 4 is 21.9 Å². The summed E-state index contributed by atoms with van der Waals surface area (Å²) in [5.41, 5.74) is 0. The second-order valence-electron chi connectivity index (χ2n) is 2.64. The fourth-order valence-corrected chi connectivity index (χ4v) is 1.44. The monoisotopic (exact) mass is 246 g/mol. The summed E-state index contributed by atoms with van der Waals surface area (Å²) in [6.07, 6.45) is 8.41. The molecule has 0 bridgehead atoms. The van der Waals surface area contributed by atoms with Crippen LogP contribution >= 0.6 is 15.9 Å². The lowest BCUT2D eigenvalue weighted by atomic mass is 9.98. The molecule has 1 aliphatic carbocycles. The molecule has 70 valence electrons. The molecule has 1 N–H and O–H groups in total. The van der Waals surface area contributed by atoms with Gasteiger partial charge in [-0.1, -0.05) is 24.3 Å². The van der Waals surface area contributed by atoms with Gasteiger partial charge in [0, 0.05) is 12.0 Å². The summed E-state index contributed by atoms with van der Waals surface area (Å²) in [7, 11) is 0. The van der Waals surface area contributed by atoms with Crippen molar-refractivity contribution in [3.63, 3.8) is 0 Å². The van der Waals surface area contributed by atoms with Crippen molar-refractivity contribution < 1.29 is 14.3 Å². The van der Waals surface area contributed by atoms with Gasteiger partial charge in [-0.05, 0) is 22.0 Å². The average molecular weight is 247 g/mol. The number of carboxylic acid groups (broad SMARTS) is 1. The Morgan fingerprint density at radius 1 is 1.62 bits per heavy atom. The molecular weight excluding hydrogens is 239 g/mol. The van der Waals surface area contributed by atoms with Gasteiger partial charge in [0.2, 0.25) is 0 Å². The van der Waals surface area contributed by atoms with Crippen molar-refractivity contribution in [2.45, 2.75) is 4.58 Å². The summed E-state index contributed by atoms with van der Waals surface area (Å²) in [5, 5.41) is 8.35. The second-order valence-corrected chi connectivity index (χ2v) is 3.86. The van der Waals surface area contributed by atoms with Gasteiger partial charge in [-0.15, -0.1) is 0 Å². The van der Waals surface area contributed by atoms with Crippen molar-refractivity contribution in [2.24, 2.45) is 5.92 Å². The van der Waals surface area contributed by atoms with Crippen LogP contribution in [0.25, 0.3) is 0 Å². The van der Waals surface area contributed by atoms with E-state index in [-0.39, 0.29) is 0 Å². The zero-order chi connectivity index (χ0) is 9.90. The molecule has 2 unspecified atom stereocenters. The average Bonchev–Trinajstić information content (AvgIpc) is 2.01. The van der Waals surface area contributed by atoms with Crippen LogP contribution in [0.4, 0.5) is 4.39 Å². The third-order valence-corrected chi connectivity index (χ3v) is 2.43. The van der Waals surface area contributed by atoms with Gasteiger partial charge in [0.15, 0.2) is 4.58 Å². The fraction of sp³-hybridized carbons (Fsp3) is 0.222. The number of halogens is 2. The largest absolute Gasteiger partial charge is 0.478 e. The Hall–Kier alpha value is -0.900. The molecule has 0 spiro atoms. The molecule has 1 rings (SSSR count). The Morgan fingerprint density at radius 2 is 2.31 bits per heavy atom. The van der Waals surface area contributed by atoms with Crippen molar-refractivity contribution in [1.82, 2.24) is 0 Å². The summed E-state index contributed by atoms with van der Waals surface area (Å²) in [6, 6.07) is 0. The topological polar surface area (TPSA) is 37.3 Å². The van der Waals surface area contributed by atoms with Crippen LogP contribution in [0.2, 0.25) is 0 Å². The first-order valence-corrected chi connectivity index (χ1v) is 4.46. The zero-order valence-corrected chi connectivity index (χ0v) is 8.24. The summed E-state index contributed by atoms with van der Waals surface area (Å²) >= 11 is 2.86. The highest BCUT2D eigenvalue weighted by molar-refractivity contribution is 9.10. The number of carbonyl (C=O) groups is 1. The van der Waals surface area contributed by atoms with E-state index in [9.17, 15) is 9.18 Å². The van der Waals surface area contributed by atoms with Gasteiger partial charge in [0.05, 0.1) is 0 Å². The van der Waals surface area contributed by atoms with Crippen molar-refractivity contribution in [3.05, 3.63) is 36.5 Å². The molecular formula is C9H8BrFO2. The molecule has 0 aromatic carbocycles. The molecule has 13 heavy (non-hydrogen) atoms. The Kier molecular flexibility index (Phi) is 3.03. The van der Waals surface area contributed by atoms with Crippen LogP contribution in [0, 0.1) is 5.92 Å². The van der Waals surface area contributed by atoms with E-state index in [0.717, 1.165) is 6.08 Å². The molecule has 0 saturated carbocycles. The molecule has 0 aliphatic heterocycles. The first-order valence-electron chi connectivity index (χ1n) is 3.67. The molecule has 0 radical (unpaired) electrons. The zero-order valence-electron chi connectivity index (χ0n) is 6.65. The molecule has 0 aromatic heterocycles. The fourth-order valence-electron chi connectivity index (χ4n) is 0.986.